The Kier molecular flexibility index (Phi) is 3.47. The minimum absolute atomic E-state index is 0.366. The van der Waals surface area contributed by atoms with E-state index in [0.717, 1.165) is 5.75 Å². The first kappa shape index (κ1) is 11.7. The zero-order chi connectivity index (χ0) is 12.3. The summed E-state index contributed by atoms with van der Waals surface area (Å²) in [5, 5.41) is 4.24. The Hall–Kier alpha value is -1.77. The van der Waals surface area contributed by atoms with Gasteiger partial charge < -0.3 is 4.74 Å². The van der Waals surface area contributed by atoms with Crippen molar-refractivity contribution in [2.45, 2.75) is 33.4 Å². The molecule has 0 radical (unpaired) electrons. The largest absolute Gasteiger partial charge is 0.486 e. The summed E-state index contributed by atoms with van der Waals surface area (Å²) in [5.74, 6) is 0.821. The molecular weight excluding hydrogens is 212 g/mol. The summed E-state index contributed by atoms with van der Waals surface area (Å²) in [4.78, 5) is 0. The van der Waals surface area contributed by atoms with Crippen LogP contribution in [0.2, 0.25) is 0 Å². The van der Waals surface area contributed by atoms with Gasteiger partial charge in [0.1, 0.15) is 6.61 Å². The van der Waals surface area contributed by atoms with Gasteiger partial charge in [-0.15, -0.1) is 0 Å². The summed E-state index contributed by atoms with van der Waals surface area (Å²) < 4.78 is 7.62. The smallest absolute Gasteiger partial charge is 0.157 e. The lowest BCUT2D eigenvalue weighted by Gasteiger charge is -2.06. The maximum absolute atomic E-state index is 5.72. The predicted octanol–water partition coefficient (Wildman–Crippen LogP) is 3.35. The molecule has 0 spiro atoms. The second kappa shape index (κ2) is 5.04. The minimum Gasteiger partial charge on any atom is -0.486 e. The first-order chi connectivity index (χ1) is 8.16. The van der Waals surface area contributed by atoms with E-state index in [4.69, 9.17) is 4.74 Å². The highest BCUT2D eigenvalue weighted by Crippen LogP contribution is 2.15. The van der Waals surface area contributed by atoms with Gasteiger partial charge in [0.2, 0.25) is 0 Å². The van der Waals surface area contributed by atoms with Crippen LogP contribution in [0, 0.1) is 6.92 Å². The molecule has 0 saturated carbocycles. The molecule has 0 fully saturated rings. The summed E-state index contributed by atoms with van der Waals surface area (Å²) in [6.07, 6.45) is 3.70. The fraction of sp³-hybridized carbons (Fsp3) is 0.357. The third-order valence-corrected chi connectivity index (χ3v) is 2.76. The Balaban J connectivity index is 2.00. The van der Waals surface area contributed by atoms with Crippen LogP contribution in [0.3, 0.4) is 0 Å². The van der Waals surface area contributed by atoms with Crippen molar-refractivity contribution >= 4 is 0 Å². The van der Waals surface area contributed by atoms with Crippen molar-refractivity contribution in [2.24, 2.45) is 0 Å². The molecule has 0 aliphatic rings. The number of hydrogen-bond acceptors (Lipinski definition) is 2. The molecule has 0 aliphatic heterocycles. The van der Waals surface area contributed by atoms with Gasteiger partial charge >= 0.3 is 0 Å². The summed E-state index contributed by atoms with van der Waals surface area (Å²) in [5.41, 5.74) is 2.47. The van der Waals surface area contributed by atoms with Crippen LogP contribution in [0.15, 0.2) is 36.7 Å². The molecule has 0 atom stereocenters. The Morgan fingerprint density at radius 3 is 2.71 bits per heavy atom. The number of aromatic nitrogens is 2. The molecule has 1 aromatic carbocycles. The average Bonchev–Trinajstić information content (AvgIpc) is 2.77. The first-order valence-corrected chi connectivity index (χ1v) is 5.88. The predicted molar refractivity (Wildman–Crippen MR) is 68.1 cm³/mol. The topological polar surface area (TPSA) is 27.1 Å². The Morgan fingerprint density at radius 1 is 1.29 bits per heavy atom. The summed E-state index contributed by atoms with van der Waals surface area (Å²) >= 11 is 0. The molecule has 1 aromatic heterocycles. The molecule has 0 N–H and O–H groups in total. The molecule has 0 unspecified atom stereocenters. The van der Waals surface area contributed by atoms with Crippen LogP contribution in [0.25, 0.3) is 0 Å². The van der Waals surface area contributed by atoms with Crippen LogP contribution < -0.4 is 4.74 Å². The fourth-order valence-corrected chi connectivity index (χ4v) is 1.61. The molecule has 90 valence electrons. The minimum atomic E-state index is 0.366. The zero-order valence-electron chi connectivity index (χ0n) is 10.6. The van der Waals surface area contributed by atoms with Gasteiger partial charge in [-0.25, -0.2) is 0 Å². The van der Waals surface area contributed by atoms with Crippen molar-refractivity contribution in [3.8, 4) is 5.75 Å². The molecule has 3 nitrogen and oxygen atoms in total. The van der Waals surface area contributed by atoms with E-state index in [-0.39, 0.29) is 0 Å². The van der Waals surface area contributed by atoms with Crippen molar-refractivity contribution in [2.75, 3.05) is 0 Å². The molecule has 2 aromatic rings. The molecule has 1 heterocycles. The van der Waals surface area contributed by atoms with Crippen LogP contribution in [-0.2, 0) is 6.61 Å². The summed E-state index contributed by atoms with van der Waals surface area (Å²) in [7, 11) is 0. The van der Waals surface area contributed by atoms with Gasteiger partial charge in [-0.3, -0.25) is 4.68 Å². The monoisotopic (exact) mass is 230 g/mol. The van der Waals surface area contributed by atoms with E-state index in [1.54, 1.807) is 6.20 Å². The third kappa shape index (κ3) is 2.87. The van der Waals surface area contributed by atoms with Gasteiger partial charge in [0.15, 0.2) is 5.75 Å². The Bertz CT molecular complexity index is 488. The van der Waals surface area contributed by atoms with E-state index >= 15 is 0 Å². The highest BCUT2D eigenvalue weighted by Gasteiger charge is 2.03. The summed E-state index contributed by atoms with van der Waals surface area (Å²) in [6, 6.07) is 8.61. The second-order valence-electron chi connectivity index (χ2n) is 4.46. The third-order valence-electron chi connectivity index (χ3n) is 2.76. The number of benzene rings is 1. The lowest BCUT2D eigenvalue weighted by molar-refractivity contribution is 0.304. The molecule has 0 bridgehead atoms. The molecule has 0 amide bonds. The van der Waals surface area contributed by atoms with Crippen LogP contribution in [0.5, 0.6) is 5.75 Å². The molecule has 2 rings (SSSR count). The molecule has 0 aliphatic carbocycles. The molecular formula is C14H18N2O. The first-order valence-electron chi connectivity index (χ1n) is 5.88. The van der Waals surface area contributed by atoms with Gasteiger partial charge in [-0.1, -0.05) is 24.3 Å². The van der Waals surface area contributed by atoms with Gasteiger partial charge in [0, 0.05) is 6.04 Å². The van der Waals surface area contributed by atoms with Crippen molar-refractivity contribution in [1.29, 1.82) is 0 Å². The number of rotatable bonds is 4. The summed E-state index contributed by atoms with van der Waals surface area (Å²) in [6.45, 7) is 6.88. The molecule has 17 heavy (non-hydrogen) atoms. The second-order valence-corrected chi connectivity index (χ2v) is 4.46. The van der Waals surface area contributed by atoms with Crippen LogP contribution in [0.1, 0.15) is 31.0 Å². The van der Waals surface area contributed by atoms with E-state index in [2.05, 4.69) is 38.0 Å². The normalized spacial score (nSPS) is 10.8. The maximum Gasteiger partial charge on any atom is 0.157 e. The number of hydrogen-bond donors (Lipinski definition) is 0. The lowest BCUT2D eigenvalue weighted by atomic mass is 10.1. The lowest BCUT2D eigenvalue weighted by Crippen LogP contribution is -2.00. The van der Waals surface area contributed by atoms with Crippen molar-refractivity contribution in [1.82, 2.24) is 9.78 Å². The maximum atomic E-state index is 5.72. The standard InChI is InChI=1S/C14H18N2O/c1-11(2)16-9-14(8-15-16)17-10-13-7-5-4-6-12(13)3/h4-9,11H,10H2,1-3H3. The van der Waals surface area contributed by atoms with Crippen LogP contribution >= 0.6 is 0 Å². The van der Waals surface area contributed by atoms with Crippen LogP contribution in [0.4, 0.5) is 0 Å². The van der Waals surface area contributed by atoms with E-state index in [9.17, 15) is 0 Å². The number of nitrogens with zero attached hydrogens (tertiary/aromatic N) is 2. The fourth-order valence-electron chi connectivity index (χ4n) is 1.61. The van der Waals surface area contributed by atoms with E-state index in [0.29, 0.717) is 12.6 Å². The molecule has 0 saturated heterocycles. The highest BCUT2D eigenvalue weighted by atomic mass is 16.5. The van der Waals surface area contributed by atoms with Gasteiger partial charge in [-0.05, 0) is 31.9 Å². The highest BCUT2D eigenvalue weighted by molar-refractivity contribution is 5.25. The van der Waals surface area contributed by atoms with Crippen molar-refractivity contribution in [3.63, 3.8) is 0 Å². The van der Waals surface area contributed by atoms with E-state index in [1.165, 1.54) is 11.1 Å². The average molecular weight is 230 g/mol. The quantitative estimate of drug-likeness (QED) is 0.805. The Labute approximate surface area is 102 Å². The van der Waals surface area contributed by atoms with E-state index in [1.807, 2.05) is 23.0 Å². The van der Waals surface area contributed by atoms with Crippen molar-refractivity contribution in [3.05, 3.63) is 47.8 Å². The number of aryl methyl sites for hydroxylation is 1. The SMILES string of the molecule is Cc1ccccc1COc1cnn(C(C)C)c1. The van der Waals surface area contributed by atoms with Crippen molar-refractivity contribution < 1.29 is 4.74 Å². The molecule has 3 heteroatoms. The Morgan fingerprint density at radius 2 is 2.06 bits per heavy atom. The van der Waals surface area contributed by atoms with Gasteiger partial charge in [-0.2, -0.15) is 5.10 Å². The van der Waals surface area contributed by atoms with E-state index < -0.39 is 0 Å². The number of ether oxygens (including phenoxy) is 1. The van der Waals surface area contributed by atoms with Crippen LogP contribution in [-0.4, -0.2) is 9.78 Å². The zero-order valence-corrected chi connectivity index (χ0v) is 10.6. The van der Waals surface area contributed by atoms with Gasteiger partial charge in [0.05, 0.1) is 12.4 Å². The van der Waals surface area contributed by atoms with Gasteiger partial charge in [0.25, 0.3) is 0 Å².